The molecule has 0 saturated heterocycles. The first-order chi connectivity index (χ1) is 9.33. The van der Waals surface area contributed by atoms with Crippen LogP contribution >= 0.6 is 22.9 Å². The van der Waals surface area contributed by atoms with Gasteiger partial charge in [0.15, 0.2) is 0 Å². The van der Waals surface area contributed by atoms with Gasteiger partial charge in [-0.1, -0.05) is 17.4 Å². The standard InChI is InChI=1S/C10H9ClN4O3S2/c1-20(17,18)15-7-4-2-3-6(5-7)12-8(16)9-13-14-10(11)19-9/h2-5,15H,1H3,(H,12,16). The van der Waals surface area contributed by atoms with Crippen molar-refractivity contribution in [2.24, 2.45) is 0 Å². The summed E-state index contributed by atoms with van der Waals surface area (Å²) in [5, 5.41) is 9.83. The van der Waals surface area contributed by atoms with Crippen molar-refractivity contribution < 1.29 is 13.2 Å². The Morgan fingerprint density at radius 2 is 2.00 bits per heavy atom. The van der Waals surface area contributed by atoms with E-state index in [9.17, 15) is 13.2 Å². The zero-order valence-electron chi connectivity index (χ0n) is 10.1. The zero-order valence-corrected chi connectivity index (χ0v) is 12.5. The van der Waals surface area contributed by atoms with E-state index in [1.165, 1.54) is 6.07 Å². The average molecular weight is 333 g/mol. The zero-order chi connectivity index (χ0) is 14.8. The minimum absolute atomic E-state index is 0.122. The van der Waals surface area contributed by atoms with E-state index >= 15 is 0 Å². The van der Waals surface area contributed by atoms with Crippen molar-refractivity contribution in [2.75, 3.05) is 16.3 Å². The number of nitrogens with one attached hydrogen (secondary N) is 2. The van der Waals surface area contributed by atoms with Crippen LogP contribution in [0.1, 0.15) is 9.80 Å². The highest BCUT2D eigenvalue weighted by molar-refractivity contribution is 7.92. The van der Waals surface area contributed by atoms with Crippen LogP contribution in [0.15, 0.2) is 24.3 Å². The van der Waals surface area contributed by atoms with Crippen molar-refractivity contribution in [1.29, 1.82) is 0 Å². The van der Waals surface area contributed by atoms with Crippen LogP contribution in [0.4, 0.5) is 11.4 Å². The Bertz CT molecular complexity index is 744. The number of hydrogen-bond donors (Lipinski definition) is 2. The lowest BCUT2D eigenvalue weighted by Crippen LogP contribution is -2.13. The molecule has 0 fully saturated rings. The van der Waals surface area contributed by atoms with E-state index in [0.29, 0.717) is 11.4 Å². The summed E-state index contributed by atoms with van der Waals surface area (Å²) in [7, 11) is -3.37. The van der Waals surface area contributed by atoms with E-state index in [0.717, 1.165) is 17.6 Å². The summed E-state index contributed by atoms with van der Waals surface area (Å²) >= 11 is 6.54. The summed E-state index contributed by atoms with van der Waals surface area (Å²) in [5.41, 5.74) is 0.774. The minimum atomic E-state index is -3.37. The number of carbonyl (C=O) groups is 1. The largest absolute Gasteiger partial charge is 0.320 e. The lowest BCUT2D eigenvalue weighted by Gasteiger charge is -2.07. The Kier molecular flexibility index (Phi) is 4.21. The molecular weight excluding hydrogens is 324 g/mol. The van der Waals surface area contributed by atoms with Crippen molar-refractivity contribution >= 4 is 50.2 Å². The van der Waals surface area contributed by atoms with Crippen LogP contribution in [0.2, 0.25) is 4.47 Å². The van der Waals surface area contributed by atoms with Gasteiger partial charge in [-0.05, 0) is 29.8 Å². The summed E-state index contributed by atoms with van der Waals surface area (Å²) in [6, 6.07) is 6.28. The fraction of sp³-hybridized carbons (Fsp3) is 0.100. The summed E-state index contributed by atoms with van der Waals surface area (Å²) in [6.45, 7) is 0. The van der Waals surface area contributed by atoms with Gasteiger partial charge < -0.3 is 5.32 Å². The number of carbonyl (C=O) groups excluding carboxylic acids is 1. The maximum atomic E-state index is 11.8. The van der Waals surface area contributed by atoms with E-state index in [1.54, 1.807) is 18.2 Å². The van der Waals surface area contributed by atoms with Crippen molar-refractivity contribution in [3.05, 3.63) is 33.7 Å². The highest BCUT2D eigenvalue weighted by atomic mass is 35.5. The van der Waals surface area contributed by atoms with Crippen LogP contribution in [-0.4, -0.2) is 30.8 Å². The molecule has 106 valence electrons. The molecule has 0 aliphatic heterocycles. The Labute approximate surface area is 124 Å². The van der Waals surface area contributed by atoms with Gasteiger partial charge in [-0.25, -0.2) is 8.42 Å². The van der Waals surface area contributed by atoms with E-state index in [2.05, 4.69) is 20.2 Å². The highest BCUT2D eigenvalue weighted by Gasteiger charge is 2.12. The fourth-order valence-electron chi connectivity index (χ4n) is 1.36. The number of aromatic nitrogens is 2. The van der Waals surface area contributed by atoms with Crippen LogP contribution in [0.5, 0.6) is 0 Å². The lowest BCUT2D eigenvalue weighted by molar-refractivity contribution is 0.102. The number of benzene rings is 1. The Morgan fingerprint density at radius 1 is 1.30 bits per heavy atom. The molecule has 0 bridgehead atoms. The molecule has 1 amide bonds. The van der Waals surface area contributed by atoms with Gasteiger partial charge in [-0.3, -0.25) is 9.52 Å². The van der Waals surface area contributed by atoms with E-state index < -0.39 is 15.9 Å². The van der Waals surface area contributed by atoms with Gasteiger partial charge in [0, 0.05) is 5.69 Å². The van der Waals surface area contributed by atoms with Gasteiger partial charge in [0.25, 0.3) is 5.91 Å². The SMILES string of the molecule is CS(=O)(=O)Nc1cccc(NC(=O)c2nnc(Cl)s2)c1. The smallest absolute Gasteiger partial charge is 0.286 e. The predicted octanol–water partition coefficient (Wildman–Crippen LogP) is 1.82. The highest BCUT2D eigenvalue weighted by Crippen LogP contribution is 2.19. The van der Waals surface area contributed by atoms with Gasteiger partial charge in [-0.2, -0.15) is 0 Å². The van der Waals surface area contributed by atoms with Crippen molar-refractivity contribution in [3.63, 3.8) is 0 Å². The molecule has 0 radical (unpaired) electrons. The van der Waals surface area contributed by atoms with Crippen molar-refractivity contribution in [2.45, 2.75) is 0 Å². The predicted molar refractivity (Wildman–Crippen MR) is 77.8 cm³/mol. The van der Waals surface area contributed by atoms with Crippen molar-refractivity contribution in [1.82, 2.24) is 10.2 Å². The molecule has 0 aliphatic carbocycles. The molecule has 1 aromatic heterocycles. The van der Waals surface area contributed by atoms with Gasteiger partial charge in [0.2, 0.25) is 19.5 Å². The van der Waals surface area contributed by atoms with Crippen LogP contribution in [0, 0.1) is 0 Å². The monoisotopic (exact) mass is 332 g/mol. The second kappa shape index (κ2) is 5.73. The number of nitrogens with zero attached hydrogens (tertiary/aromatic N) is 2. The minimum Gasteiger partial charge on any atom is -0.320 e. The number of amides is 1. The topological polar surface area (TPSA) is 101 Å². The second-order valence-electron chi connectivity index (χ2n) is 3.77. The second-order valence-corrected chi connectivity index (χ2v) is 7.08. The number of hydrogen-bond acceptors (Lipinski definition) is 6. The summed E-state index contributed by atoms with van der Waals surface area (Å²) in [5.74, 6) is -0.467. The number of sulfonamides is 1. The molecule has 0 atom stereocenters. The fourth-order valence-corrected chi connectivity index (χ4v) is 2.63. The third-order valence-electron chi connectivity index (χ3n) is 2.02. The molecule has 10 heteroatoms. The molecule has 0 unspecified atom stereocenters. The summed E-state index contributed by atoms with van der Waals surface area (Å²) in [4.78, 5) is 11.8. The van der Waals surface area contributed by atoms with Crippen LogP contribution in [-0.2, 0) is 10.0 Å². The average Bonchev–Trinajstić information content (AvgIpc) is 2.74. The molecule has 1 aromatic carbocycles. The van der Waals surface area contributed by atoms with E-state index in [4.69, 9.17) is 11.6 Å². The van der Waals surface area contributed by atoms with E-state index in [-0.39, 0.29) is 9.47 Å². The molecule has 2 N–H and O–H groups in total. The molecule has 0 saturated carbocycles. The van der Waals surface area contributed by atoms with Gasteiger partial charge in [-0.15, -0.1) is 10.2 Å². The molecule has 2 rings (SSSR count). The number of halogens is 1. The van der Waals surface area contributed by atoms with E-state index in [1.807, 2.05) is 0 Å². The summed E-state index contributed by atoms with van der Waals surface area (Å²) < 4.78 is 24.7. The third kappa shape index (κ3) is 4.15. The maximum Gasteiger partial charge on any atom is 0.286 e. The maximum absolute atomic E-state index is 11.8. The first-order valence-corrected chi connectivity index (χ1v) is 8.30. The molecule has 7 nitrogen and oxygen atoms in total. The molecular formula is C10H9ClN4O3S2. The van der Waals surface area contributed by atoms with Gasteiger partial charge >= 0.3 is 0 Å². The molecule has 2 aromatic rings. The Morgan fingerprint density at radius 3 is 2.60 bits per heavy atom. The first-order valence-electron chi connectivity index (χ1n) is 5.22. The number of anilines is 2. The molecule has 20 heavy (non-hydrogen) atoms. The Hall–Kier alpha value is -1.71. The van der Waals surface area contributed by atoms with Gasteiger partial charge in [0.05, 0.1) is 11.9 Å². The lowest BCUT2D eigenvalue weighted by atomic mass is 10.3. The normalized spacial score (nSPS) is 11.1. The van der Waals surface area contributed by atoms with Crippen LogP contribution in [0.25, 0.3) is 0 Å². The van der Waals surface area contributed by atoms with Crippen LogP contribution in [0.3, 0.4) is 0 Å². The van der Waals surface area contributed by atoms with Gasteiger partial charge in [0.1, 0.15) is 0 Å². The first kappa shape index (κ1) is 14.7. The van der Waals surface area contributed by atoms with Crippen molar-refractivity contribution in [3.8, 4) is 0 Å². The van der Waals surface area contributed by atoms with Crippen LogP contribution < -0.4 is 10.0 Å². The quantitative estimate of drug-likeness (QED) is 0.889. The Balaban J connectivity index is 2.14. The molecule has 0 spiro atoms. The number of rotatable bonds is 4. The third-order valence-corrected chi connectivity index (χ3v) is 3.64. The molecule has 1 heterocycles. The summed E-state index contributed by atoms with van der Waals surface area (Å²) in [6.07, 6.45) is 1.04. The molecule has 0 aliphatic rings.